The second-order valence-corrected chi connectivity index (χ2v) is 7.16. The Bertz CT molecular complexity index is 942. The van der Waals surface area contributed by atoms with Crippen LogP contribution in [-0.4, -0.2) is 34.8 Å². The number of hydrogen-bond donors (Lipinski definition) is 2. The smallest absolute Gasteiger partial charge is 0.255 e. The van der Waals surface area contributed by atoms with E-state index in [1.807, 2.05) is 18.2 Å². The highest BCUT2D eigenvalue weighted by Gasteiger charge is 2.17. The lowest BCUT2D eigenvalue weighted by Crippen LogP contribution is -2.26. The Morgan fingerprint density at radius 3 is 2.69 bits per heavy atom. The molecule has 0 fully saturated rings. The summed E-state index contributed by atoms with van der Waals surface area (Å²) in [6.07, 6.45) is 0.569. The fourth-order valence-corrected chi connectivity index (χ4v) is 3.09. The van der Waals surface area contributed by atoms with E-state index in [9.17, 15) is 13.2 Å². The minimum atomic E-state index is -3.91. The molecule has 1 heterocycles. The Hall–Kier alpha value is -2.78. The van der Waals surface area contributed by atoms with Crippen molar-refractivity contribution in [1.29, 1.82) is 0 Å². The summed E-state index contributed by atoms with van der Waals surface area (Å²) in [5.41, 5.74) is 1.07. The molecule has 2 aromatic carbocycles. The molecule has 0 radical (unpaired) electrons. The van der Waals surface area contributed by atoms with Gasteiger partial charge in [0.15, 0.2) is 11.5 Å². The van der Waals surface area contributed by atoms with Crippen LogP contribution in [0.15, 0.2) is 41.3 Å². The van der Waals surface area contributed by atoms with Gasteiger partial charge in [-0.1, -0.05) is 6.07 Å². The number of primary sulfonamides is 1. The minimum Gasteiger partial charge on any atom is -0.496 e. The molecule has 0 spiro atoms. The molecular weight excluding hydrogens is 360 g/mol. The number of benzene rings is 2. The third kappa shape index (κ3) is 3.89. The maximum absolute atomic E-state index is 12.4. The van der Waals surface area contributed by atoms with Crippen LogP contribution < -0.4 is 24.7 Å². The topological polar surface area (TPSA) is 117 Å². The van der Waals surface area contributed by atoms with E-state index >= 15 is 0 Å². The number of carbonyl (C=O) groups is 1. The van der Waals surface area contributed by atoms with Crippen LogP contribution in [0.1, 0.15) is 15.9 Å². The first-order valence-electron chi connectivity index (χ1n) is 7.76. The van der Waals surface area contributed by atoms with Crippen molar-refractivity contribution in [2.75, 3.05) is 20.4 Å². The number of ether oxygens (including phenoxy) is 3. The highest BCUT2D eigenvalue weighted by atomic mass is 32.2. The second-order valence-electron chi connectivity index (χ2n) is 5.60. The van der Waals surface area contributed by atoms with Crippen molar-refractivity contribution in [3.05, 3.63) is 47.5 Å². The molecule has 0 bridgehead atoms. The molecule has 0 unspecified atom stereocenters. The zero-order valence-corrected chi connectivity index (χ0v) is 14.8. The van der Waals surface area contributed by atoms with E-state index in [1.165, 1.54) is 25.3 Å². The SMILES string of the molecule is COc1ccc(S(N)(=O)=O)cc1C(=O)NCCc1ccc2c(c1)OCO2. The number of rotatable bonds is 6. The standard InChI is InChI=1S/C17H18N2O6S/c1-23-14-5-3-12(26(18,21)22)9-13(14)17(20)19-7-6-11-2-4-15-16(8-11)25-10-24-15/h2-5,8-9H,6-7,10H2,1H3,(H,19,20)(H2,18,21,22). The van der Waals surface area contributed by atoms with Gasteiger partial charge in [-0.2, -0.15) is 0 Å². The lowest BCUT2D eigenvalue weighted by Gasteiger charge is -2.11. The van der Waals surface area contributed by atoms with Crippen molar-refractivity contribution in [3.63, 3.8) is 0 Å². The van der Waals surface area contributed by atoms with Crippen molar-refractivity contribution in [1.82, 2.24) is 5.32 Å². The Morgan fingerprint density at radius 1 is 1.19 bits per heavy atom. The van der Waals surface area contributed by atoms with E-state index in [4.69, 9.17) is 19.3 Å². The van der Waals surface area contributed by atoms with E-state index in [0.717, 1.165) is 5.56 Å². The first kappa shape index (κ1) is 18.0. The molecule has 2 aromatic rings. The van der Waals surface area contributed by atoms with Crippen molar-refractivity contribution >= 4 is 15.9 Å². The maximum atomic E-state index is 12.4. The lowest BCUT2D eigenvalue weighted by atomic mass is 10.1. The number of nitrogens with one attached hydrogen (secondary N) is 1. The third-order valence-corrected chi connectivity index (χ3v) is 4.79. The third-order valence-electron chi connectivity index (χ3n) is 3.88. The molecule has 0 atom stereocenters. The van der Waals surface area contributed by atoms with Gasteiger partial charge in [0.1, 0.15) is 5.75 Å². The Kier molecular flexibility index (Phi) is 5.01. The van der Waals surface area contributed by atoms with Gasteiger partial charge >= 0.3 is 0 Å². The van der Waals surface area contributed by atoms with E-state index in [-0.39, 0.29) is 23.0 Å². The predicted octanol–water partition coefficient (Wildman–Crippen LogP) is 1.04. The summed E-state index contributed by atoms with van der Waals surface area (Å²) in [4.78, 5) is 12.3. The average molecular weight is 378 g/mol. The lowest BCUT2D eigenvalue weighted by molar-refractivity contribution is 0.0951. The summed E-state index contributed by atoms with van der Waals surface area (Å²) in [6.45, 7) is 0.553. The predicted molar refractivity (Wildman–Crippen MR) is 93.0 cm³/mol. The number of methoxy groups -OCH3 is 1. The number of carbonyl (C=O) groups excluding carboxylic acids is 1. The van der Waals surface area contributed by atoms with Crippen LogP contribution in [0.2, 0.25) is 0 Å². The summed E-state index contributed by atoms with van der Waals surface area (Å²) >= 11 is 0. The molecule has 138 valence electrons. The van der Waals surface area contributed by atoms with Gasteiger partial charge in [0.2, 0.25) is 16.8 Å². The van der Waals surface area contributed by atoms with Gasteiger partial charge in [-0.05, 0) is 42.3 Å². The largest absolute Gasteiger partial charge is 0.496 e. The quantitative estimate of drug-likeness (QED) is 0.776. The normalized spacial score (nSPS) is 12.7. The van der Waals surface area contributed by atoms with Crippen molar-refractivity contribution < 1.29 is 27.4 Å². The summed E-state index contributed by atoms with van der Waals surface area (Å²) in [6, 6.07) is 9.45. The maximum Gasteiger partial charge on any atom is 0.255 e. The van der Waals surface area contributed by atoms with E-state index in [0.29, 0.717) is 24.5 Å². The van der Waals surface area contributed by atoms with Gasteiger partial charge in [-0.15, -0.1) is 0 Å². The van der Waals surface area contributed by atoms with E-state index < -0.39 is 15.9 Å². The molecule has 1 aliphatic heterocycles. The molecular formula is C17H18N2O6S. The zero-order valence-electron chi connectivity index (χ0n) is 14.0. The van der Waals surface area contributed by atoms with Gasteiger partial charge in [-0.3, -0.25) is 4.79 Å². The minimum absolute atomic E-state index is 0.102. The Balaban J connectivity index is 1.68. The molecule has 1 amide bonds. The Labute approximate surface area is 150 Å². The molecule has 9 heteroatoms. The number of amides is 1. The Morgan fingerprint density at radius 2 is 1.96 bits per heavy atom. The van der Waals surface area contributed by atoms with Crippen molar-refractivity contribution in [3.8, 4) is 17.2 Å². The fraction of sp³-hybridized carbons (Fsp3) is 0.235. The number of fused-ring (bicyclic) bond motifs is 1. The van der Waals surface area contributed by atoms with Crippen molar-refractivity contribution in [2.24, 2.45) is 5.14 Å². The van der Waals surface area contributed by atoms with Crippen molar-refractivity contribution in [2.45, 2.75) is 11.3 Å². The second kappa shape index (κ2) is 7.22. The summed E-state index contributed by atoms with van der Waals surface area (Å²) in [7, 11) is -2.52. The first-order chi connectivity index (χ1) is 12.4. The molecule has 1 aliphatic rings. The fourth-order valence-electron chi connectivity index (χ4n) is 2.55. The van der Waals surface area contributed by atoms with Gasteiger partial charge in [-0.25, -0.2) is 13.6 Å². The molecule has 26 heavy (non-hydrogen) atoms. The molecule has 0 saturated carbocycles. The molecule has 3 N–H and O–H groups in total. The summed E-state index contributed by atoms with van der Waals surface area (Å²) in [5.74, 6) is 1.18. The van der Waals surface area contributed by atoms with Crippen LogP contribution in [0.4, 0.5) is 0 Å². The average Bonchev–Trinajstić information content (AvgIpc) is 3.08. The highest BCUT2D eigenvalue weighted by molar-refractivity contribution is 7.89. The van der Waals surface area contributed by atoms with Crippen LogP contribution >= 0.6 is 0 Å². The number of sulfonamides is 1. The van der Waals surface area contributed by atoms with Gasteiger partial charge in [0.05, 0.1) is 17.6 Å². The molecule has 0 saturated heterocycles. The van der Waals surface area contributed by atoms with Crippen LogP contribution in [0.5, 0.6) is 17.2 Å². The number of hydrogen-bond acceptors (Lipinski definition) is 6. The van der Waals surface area contributed by atoms with Gasteiger partial charge in [0.25, 0.3) is 5.91 Å². The first-order valence-corrected chi connectivity index (χ1v) is 9.30. The van der Waals surface area contributed by atoms with E-state index in [2.05, 4.69) is 5.32 Å². The van der Waals surface area contributed by atoms with Crippen LogP contribution in [0, 0.1) is 0 Å². The van der Waals surface area contributed by atoms with Gasteiger partial charge < -0.3 is 19.5 Å². The number of nitrogens with two attached hydrogens (primary N) is 1. The van der Waals surface area contributed by atoms with Gasteiger partial charge in [0, 0.05) is 6.54 Å². The van der Waals surface area contributed by atoms with E-state index in [1.54, 1.807) is 0 Å². The molecule has 3 rings (SSSR count). The van der Waals surface area contributed by atoms with Crippen LogP contribution in [0.25, 0.3) is 0 Å². The molecule has 8 nitrogen and oxygen atoms in total. The molecule has 0 aromatic heterocycles. The summed E-state index contributed by atoms with van der Waals surface area (Å²) in [5, 5.41) is 7.86. The molecule has 0 aliphatic carbocycles. The zero-order chi connectivity index (χ0) is 18.7. The summed E-state index contributed by atoms with van der Waals surface area (Å²) < 4.78 is 38.7. The highest BCUT2D eigenvalue weighted by Crippen LogP contribution is 2.32. The van der Waals surface area contributed by atoms with Crippen LogP contribution in [0.3, 0.4) is 0 Å². The van der Waals surface area contributed by atoms with Crippen LogP contribution in [-0.2, 0) is 16.4 Å². The monoisotopic (exact) mass is 378 g/mol.